The third-order valence-corrected chi connectivity index (χ3v) is 5.68. The fourth-order valence-corrected chi connectivity index (χ4v) is 3.88. The predicted molar refractivity (Wildman–Crippen MR) is 99.8 cm³/mol. The second kappa shape index (κ2) is 5.98. The fourth-order valence-electron chi connectivity index (χ4n) is 3.19. The van der Waals surface area contributed by atoms with Crippen molar-refractivity contribution in [2.75, 3.05) is 18.4 Å². The second-order valence-corrected chi connectivity index (χ2v) is 7.77. The number of urea groups is 1. The summed E-state index contributed by atoms with van der Waals surface area (Å²) in [6, 6.07) is 7.80. The minimum atomic E-state index is -0.109. The number of aromatic nitrogens is 3. The summed E-state index contributed by atoms with van der Waals surface area (Å²) in [5.41, 5.74) is 3.79. The van der Waals surface area contributed by atoms with E-state index in [4.69, 9.17) is 4.74 Å². The zero-order valence-corrected chi connectivity index (χ0v) is 15.2. The third-order valence-electron chi connectivity index (χ3n) is 4.88. The third kappa shape index (κ3) is 2.80. The van der Waals surface area contributed by atoms with E-state index < -0.39 is 0 Å². The Labute approximate surface area is 154 Å². The molecular weight excluding hydrogens is 350 g/mol. The molecule has 0 bridgehead atoms. The molecule has 1 aliphatic heterocycles. The highest BCUT2D eigenvalue weighted by Crippen LogP contribution is 2.40. The summed E-state index contributed by atoms with van der Waals surface area (Å²) >= 11 is 1.60. The van der Waals surface area contributed by atoms with Gasteiger partial charge in [0.15, 0.2) is 0 Å². The molecule has 1 saturated heterocycles. The van der Waals surface area contributed by atoms with Crippen LogP contribution < -0.4 is 10.1 Å². The first kappa shape index (κ1) is 15.6. The molecule has 8 heteroatoms. The molecule has 5 rings (SSSR count). The molecule has 1 aromatic carbocycles. The molecule has 3 aromatic rings. The molecule has 134 valence electrons. The Morgan fingerprint density at radius 3 is 3.00 bits per heavy atom. The number of ether oxygens (including phenoxy) is 1. The number of rotatable bonds is 4. The number of hydrogen-bond donors (Lipinski definition) is 1. The van der Waals surface area contributed by atoms with E-state index in [0.29, 0.717) is 19.0 Å². The summed E-state index contributed by atoms with van der Waals surface area (Å²) in [6.07, 6.45) is 2.39. The van der Waals surface area contributed by atoms with Crippen molar-refractivity contribution in [3.05, 3.63) is 35.5 Å². The lowest BCUT2D eigenvalue weighted by Gasteiger charge is -2.38. The van der Waals surface area contributed by atoms with Crippen LogP contribution in [-0.4, -0.2) is 44.9 Å². The van der Waals surface area contributed by atoms with E-state index in [2.05, 4.69) is 15.4 Å². The van der Waals surface area contributed by atoms with Gasteiger partial charge in [-0.3, -0.25) is 10.00 Å². The lowest BCUT2D eigenvalue weighted by atomic mass is 10.2. The highest BCUT2D eigenvalue weighted by molar-refractivity contribution is 7.16. The van der Waals surface area contributed by atoms with Crippen LogP contribution in [0.5, 0.6) is 5.75 Å². The SMILES string of the molecule is Cn1nc(C2CC2)cc1NC(=O)N1CC(Oc2cccc3scnc23)C1. The van der Waals surface area contributed by atoms with Crippen molar-refractivity contribution in [2.45, 2.75) is 24.9 Å². The standard InChI is InChI=1S/C18H19N5O2S/c1-22-16(7-13(21-22)11-5-6-11)20-18(24)23-8-12(9-23)25-14-3-2-4-15-17(14)19-10-26-15/h2-4,7,10-12H,5-6,8-9H2,1H3,(H,20,24). The number of hydrogen-bond acceptors (Lipinski definition) is 5. The molecule has 7 nitrogen and oxygen atoms in total. The van der Waals surface area contributed by atoms with Crippen LogP contribution in [0.4, 0.5) is 10.6 Å². The Kier molecular flexibility index (Phi) is 3.59. The zero-order chi connectivity index (χ0) is 17.7. The van der Waals surface area contributed by atoms with E-state index in [0.717, 1.165) is 27.5 Å². The molecular formula is C18H19N5O2S. The molecule has 0 unspecified atom stereocenters. The number of carbonyl (C=O) groups excluding carboxylic acids is 1. The van der Waals surface area contributed by atoms with E-state index in [1.807, 2.05) is 36.8 Å². The number of fused-ring (bicyclic) bond motifs is 1. The summed E-state index contributed by atoms with van der Waals surface area (Å²) < 4.78 is 8.87. The van der Waals surface area contributed by atoms with Crippen LogP contribution in [0.2, 0.25) is 0 Å². The molecule has 1 aliphatic carbocycles. The topological polar surface area (TPSA) is 72.3 Å². The van der Waals surface area contributed by atoms with Crippen molar-refractivity contribution in [1.29, 1.82) is 0 Å². The van der Waals surface area contributed by atoms with Crippen LogP contribution in [0.15, 0.2) is 29.8 Å². The summed E-state index contributed by atoms with van der Waals surface area (Å²) in [7, 11) is 1.86. The Morgan fingerprint density at radius 2 is 2.19 bits per heavy atom. The first-order valence-corrected chi connectivity index (χ1v) is 9.64. The van der Waals surface area contributed by atoms with E-state index >= 15 is 0 Å². The number of para-hydroxylation sites is 1. The van der Waals surface area contributed by atoms with Gasteiger partial charge < -0.3 is 9.64 Å². The van der Waals surface area contributed by atoms with Gasteiger partial charge in [-0.05, 0) is 25.0 Å². The van der Waals surface area contributed by atoms with E-state index in [-0.39, 0.29) is 12.1 Å². The maximum atomic E-state index is 12.4. The number of likely N-dealkylation sites (tertiary alicyclic amines) is 1. The molecule has 2 fully saturated rings. The number of carbonyl (C=O) groups is 1. The number of aryl methyl sites for hydroxylation is 1. The van der Waals surface area contributed by atoms with Crippen molar-refractivity contribution >= 4 is 33.4 Å². The van der Waals surface area contributed by atoms with Crippen LogP contribution in [0.1, 0.15) is 24.5 Å². The van der Waals surface area contributed by atoms with Crippen LogP contribution >= 0.6 is 11.3 Å². The quantitative estimate of drug-likeness (QED) is 0.766. The van der Waals surface area contributed by atoms with Gasteiger partial charge in [0.1, 0.15) is 23.2 Å². The van der Waals surface area contributed by atoms with Crippen molar-refractivity contribution in [3.63, 3.8) is 0 Å². The number of thiazole rings is 1. The minimum Gasteiger partial charge on any atom is -0.484 e. The molecule has 0 atom stereocenters. The van der Waals surface area contributed by atoms with E-state index in [9.17, 15) is 4.79 Å². The lowest BCUT2D eigenvalue weighted by Crippen LogP contribution is -2.57. The highest BCUT2D eigenvalue weighted by atomic mass is 32.1. The molecule has 26 heavy (non-hydrogen) atoms. The van der Waals surface area contributed by atoms with Crippen molar-refractivity contribution in [3.8, 4) is 5.75 Å². The lowest BCUT2D eigenvalue weighted by molar-refractivity contribution is 0.0502. The van der Waals surface area contributed by atoms with Gasteiger partial charge in [-0.2, -0.15) is 5.10 Å². The van der Waals surface area contributed by atoms with Gasteiger partial charge in [-0.15, -0.1) is 11.3 Å². The molecule has 1 N–H and O–H groups in total. The van der Waals surface area contributed by atoms with Gasteiger partial charge >= 0.3 is 6.03 Å². The Balaban J connectivity index is 1.19. The minimum absolute atomic E-state index is 0.00149. The number of benzene rings is 1. The van der Waals surface area contributed by atoms with Gasteiger partial charge in [0.25, 0.3) is 0 Å². The molecule has 0 spiro atoms. The average Bonchev–Trinajstić information content (AvgIpc) is 3.22. The van der Waals surface area contributed by atoms with Crippen LogP contribution in [0.3, 0.4) is 0 Å². The van der Waals surface area contributed by atoms with E-state index in [1.54, 1.807) is 20.9 Å². The summed E-state index contributed by atoms with van der Waals surface area (Å²) in [4.78, 5) is 18.5. The largest absolute Gasteiger partial charge is 0.484 e. The molecule has 2 aromatic heterocycles. The second-order valence-electron chi connectivity index (χ2n) is 6.88. The van der Waals surface area contributed by atoms with Crippen molar-refractivity contribution in [1.82, 2.24) is 19.7 Å². The molecule has 1 saturated carbocycles. The first-order chi connectivity index (χ1) is 12.7. The number of amides is 2. The fraction of sp³-hybridized carbons (Fsp3) is 0.389. The van der Waals surface area contributed by atoms with Crippen molar-refractivity contribution in [2.24, 2.45) is 7.05 Å². The van der Waals surface area contributed by atoms with Gasteiger partial charge in [-0.25, -0.2) is 9.78 Å². The molecule has 0 radical (unpaired) electrons. The molecule has 2 aliphatic rings. The van der Waals surface area contributed by atoms with Gasteiger partial charge in [0.2, 0.25) is 0 Å². The van der Waals surface area contributed by atoms with Gasteiger partial charge in [-0.1, -0.05) is 6.07 Å². The Morgan fingerprint density at radius 1 is 1.35 bits per heavy atom. The highest BCUT2D eigenvalue weighted by Gasteiger charge is 2.33. The maximum absolute atomic E-state index is 12.4. The summed E-state index contributed by atoms with van der Waals surface area (Å²) in [6.45, 7) is 1.14. The number of anilines is 1. The summed E-state index contributed by atoms with van der Waals surface area (Å²) in [5.74, 6) is 2.10. The summed E-state index contributed by atoms with van der Waals surface area (Å²) in [5, 5.41) is 7.42. The normalized spacial score (nSPS) is 17.3. The van der Waals surface area contributed by atoms with Gasteiger partial charge in [0, 0.05) is 19.0 Å². The number of nitrogens with zero attached hydrogens (tertiary/aromatic N) is 4. The zero-order valence-electron chi connectivity index (χ0n) is 14.4. The Hall–Kier alpha value is -2.61. The maximum Gasteiger partial charge on any atom is 0.323 e. The van der Waals surface area contributed by atoms with Gasteiger partial charge in [0.05, 0.1) is 29.0 Å². The molecule has 2 amide bonds. The van der Waals surface area contributed by atoms with Crippen molar-refractivity contribution < 1.29 is 9.53 Å². The average molecular weight is 369 g/mol. The van der Waals surface area contributed by atoms with Crippen LogP contribution in [-0.2, 0) is 7.05 Å². The first-order valence-electron chi connectivity index (χ1n) is 8.76. The predicted octanol–water partition coefficient (Wildman–Crippen LogP) is 3.20. The molecule has 3 heterocycles. The number of nitrogens with one attached hydrogen (secondary N) is 1. The monoisotopic (exact) mass is 369 g/mol. The van der Waals surface area contributed by atoms with Crippen LogP contribution in [0.25, 0.3) is 10.2 Å². The van der Waals surface area contributed by atoms with E-state index in [1.165, 1.54) is 12.8 Å². The Bertz CT molecular complexity index is 971. The van der Waals surface area contributed by atoms with Crippen LogP contribution in [0, 0.1) is 0 Å². The smallest absolute Gasteiger partial charge is 0.323 e.